The first-order valence-corrected chi connectivity index (χ1v) is 15.4. The Kier molecular flexibility index (Phi) is 10.2. The summed E-state index contributed by atoms with van der Waals surface area (Å²) in [5.41, 5.74) is -1.72. The number of sulfonamides is 2. The number of anilines is 2. The number of nitrogens with one attached hydrogen (secondary N) is 2. The maximum Gasteiger partial charge on any atom is 0.416 e. The average Bonchev–Trinajstić information content (AvgIpc) is 2.94. The third kappa shape index (κ3) is 7.88. The van der Waals surface area contributed by atoms with E-state index in [2.05, 4.69) is 10.0 Å². The van der Waals surface area contributed by atoms with Gasteiger partial charge in [0.2, 0.25) is 15.9 Å². The Morgan fingerprint density at radius 2 is 1.44 bits per heavy atom. The molecule has 0 bridgehead atoms. The number of hydrogen-bond donors (Lipinski definition) is 2. The fourth-order valence-corrected chi connectivity index (χ4v) is 6.61. The topological polar surface area (TPSA) is 140 Å². The summed E-state index contributed by atoms with van der Waals surface area (Å²) in [6.45, 7) is 2.23. The first kappa shape index (κ1) is 33.5. The van der Waals surface area contributed by atoms with Gasteiger partial charge in [0.25, 0.3) is 10.0 Å². The van der Waals surface area contributed by atoms with E-state index in [4.69, 9.17) is 14.2 Å². The van der Waals surface area contributed by atoms with E-state index in [1.54, 1.807) is 13.8 Å². The maximum absolute atomic E-state index is 13.8. The van der Waals surface area contributed by atoms with Gasteiger partial charge in [-0.2, -0.15) is 13.2 Å². The lowest BCUT2D eigenvalue weighted by Gasteiger charge is -2.25. The summed E-state index contributed by atoms with van der Waals surface area (Å²) < 4.78 is 112. The molecule has 16 heteroatoms. The number of alkyl halides is 3. The molecule has 0 spiro atoms. The number of amides is 1. The van der Waals surface area contributed by atoms with Gasteiger partial charge in [0.05, 0.1) is 48.1 Å². The van der Waals surface area contributed by atoms with Crippen molar-refractivity contribution in [3.8, 4) is 17.2 Å². The van der Waals surface area contributed by atoms with Crippen LogP contribution in [-0.2, 0) is 31.0 Å². The zero-order valence-corrected chi connectivity index (χ0v) is 25.4. The highest BCUT2D eigenvalue weighted by Gasteiger charge is 2.34. The molecule has 2 N–H and O–H groups in total. The number of rotatable bonds is 12. The molecule has 0 aliphatic rings. The highest BCUT2D eigenvalue weighted by molar-refractivity contribution is 7.92. The number of benzene rings is 3. The lowest BCUT2D eigenvalue weighted by Crippen LogP contribution is -2.38. The van der Waals surface area contributed by atoms with Crippen molar-refractivity contribution in [2.75, 3.05) is 37.5 Å². The molecule has 0 aliphatic carbocycles. The SMILES string of the molecule is COc1ccc(S(=O)(=O)NC(C)C)cc1NC(=O)CN(c1cccc(C(F)(F)F)c1)S(=O)(=O)c1ccc(OC)c(OC)c1. The van der Waals surface area contributed by atoms with Crippen molar-refractivity contribution in [1.29, 1.82) is 0 Å². The van der Waals surface area contributed by atoms with Crippen LogP contribution in [0.4, 0.5) is 24.5 Å². The first-order chi connectivity index (χ1) is 20.0. The number of ether oxygens (including phenoxy) is 3. The first-order valence-electron chi connectivity index (χ1n) is 12.5. The Morgan fingerprint density at radius 3 is 2.02 bits per heavy atom. The van der Waals surface area contributed by atoms with Gasteiger partial charge in [0.15, 0.2) is 11.5 Å². The summed E-state index contributed by atoms with van der Waals surface area (Å²) in [5, 5.41) is 2.41. The normalized spacial score (nSPS) is 12.1. The second kappa shape index (κ2) is 13.1. The van der Waals surface area contributed by atoms with Crippen LogP contribution in [0, 0.1) is 0 Å². The summed E-state index contributed by atoms with van der Waals surface area (Å²) in [4.78, 5) is 12.7. The van der Waals surface area contributed by atoms with Crippen molar-refractivity contribution < 1.29 is 49.0 Å². The second-order valence-corrected chi connectivity index (χ2v) is 12.8. The molecule has 0 saturated heterocycles. The van der Waals surface area contributed by atoms with E-state index in [1.807, 2.05) is 0 Å². The van der Waals surface area contributed by atoms with Crippen molar-refractivity contribution in [2.24, 2.45) is 0 Å². The quantitative estimate of drug-likeness (QED) is 0.298. The molecule has 3 aromatic rings. The van der Waals surface area contributed by atoms with E-state index in [1.165, 1.54) is 39.5 Å². The molecule has 0 fully saturated rings. The number of hydrogen-bond acceptors (Lipinski definition) is 8. The standard InChI is InChI=1S/C27H30F3N3O8S2/c1-17(2)32-42(35,36)20-9-11-23(39-3)22(14-20)31-26(34)16-33(19-8-6-7-18(13-19)27(28,29)30)43(37,38)21-10-12-24(40-4)25(15-21)41-5/h6-15,17,32H,16H2,1-5H3,(H,31,34). The fourth-order valence-electron chi connectivity index (χ4n) is 3.91. The van der Waals surface area contributed by atoms with Crippen LogP contribution in [0.1, 0.15) is 19.4 Å². The van der Waals surface area contributed by atoms with Gasteiger partial charge in [0.1, 0.15) is 12.3 Å². The van der Waals surface area contributed by atoms with Crippen molar-refractivity contribution in [2.45, 2.75) is 35.9 Å². The van der Waals surface area contributed by atoms with Crippen LogP contribution < -0.4 is 28.6 Å². The molecule has 0 radical (unpaired) electrons. The molecule has 0 aromatic heterocycles. The Morgan fingerprint density at radius 1 is 0.837 bits per heavy atom. The third-order valence-electron chi connectivity index (χ3n) is 5.84. The average molecular weight is 646 g/mol. The van der Waals surface area contributed by atoms with Crippen LogP contribution in [0.3, 0.4) is 0 Å². The molecule has 1 amide bonds. The van der Waals surface area contributed by atoms with Gasteiger partial charge in [-0.3, -0.25) is 9.10 Å². The second-order valence-electron chi connectivity index (χ2n) is 9.26. The Balaban J connectivity index is 2.08. The Hall–Kier alpha value is -4.02. The van der Waals surface area contributed by atoms with Crippen LogP contribution in [-0.4, -0.2) is 56.7 Å². The smallest absolute Gasteiger partial charge is 0.416 e. The van der Waals surface area contributed by atoms with Gasteiger partial charge in [0, 0.05) is 12.1 Å². The fraction of sp³-hybridized carbons (Fsp3) is 0.296. The third-order valence-corrected chi connectivity index (χ3v) is 9.26. The molecular weight excluding hydrogens is 615 g/mol. The van der Waals surface area contributed by atoms with Gasteiger partial charge in [-0.15, -0.1) is 0 Å². The van der Waals surface area contributed by atoms with E-state index in [0.29, 0.717) is 10.4 Å². The van der Waals surface area contributed by atoms with Crippen molar-refractivity contribution in [3.05, 3.63) is 66.2 Å². The molecule has 234 valence electrons. The predicted molar refractivity (Wildman–Crippen MR) is 153 cm³/mol. The lowest BCUT2D eigenvalue weighted by molar-refractivity contribution is -0.137. The molecule has 11 nitrogen and oxygen atoms in total. The van der Waals surface area contributed by atoms with Crippen LogP contribution in [0.2, 0.25) is 0 Å². The molecule has 43 heavy (non-hydrogen) atoms. The molecule has 0 unspecified atom stereocenters. The number of carbonyl (C=O) groups excluding carboxylic acids is 1. The molecule has 3 rings (SSSR count). The van der Waals surface area contributed by atoms with Gasteiger partial charge in [-0.25, -0.2) is 21.6 Å². The Labute approximate surface area is 247 Å². The zero-order valence-electron chi connectivity index (χ0n) is 23.7. The van der Waals surface area contributed by atoms with Gasteiger partial charge in [-0.1, -0.05) is 6.07 Å². The van der Waals surface area contributed by atoms with Crippen molar-refractivity contribution in [1.82, 2.24) is 4.72 Å². The minimum Gasteiger partial charge on any atom is -0.495 e. The monoisotopic (exact) mass is 645 g/mol. The minimum absolute atomic E-state index is 0.0230. The predicted octanol–water partition coefficient (Wildman–Crippen LogP) is 4.25. The highest BCUT2D eigenvalue weighted by atomic mass is 32.2. The van der Waals surface area contributed by atoms with Crippen molar-refractivity contribution >= 4 is 37.3 Å². The van der Waals surface area contributed by atoms with Crippen molar-refractivity contribution in [3.63, 3.8) is 0 Å². The summed E-state index contributed by atoms with van der Waals surface area (Å²) in [5.74, 6) is -0.746. The zero-order chi connectivity index (χ0) is 32.2. The number of methoxy groups -OCH3 is 3. The van der Waals surface area contributed by atoms with E-state index in [0.717, 1.165) is 36.4 Å². The summed E-state index contributed by atoms with van der Waals surface area (Å²) in [6, 6.07) is 10.2. The summed E-state index contributed by atoms with van der Waals surface area (Å²) >= 11 is 0. The minimum atomic E-state index is -4.81. The lowest BCUT2D eigenvalue weighted by atomic mass is 10.2. The van der Waals surface area contributed by atoms with Crippen LogP contribution in [0.15, 0.2) is 70.5 Å². The van der Waals surface area contributed by atoms with E-state index in [9.17, 15) is 34.8 Å². The number of carbonyl (C=O) groups is 1. The van der Waals surface area contributed by atoms with Crippen LogP contribution >= 0.6 is 0 Å². The molecule has 0 heterocycles. The van der Waals surface area contributed by atoms with Crippen LogP contribution in [0.5, 0.6) is 17.2 Å². The largest absolute Gasteiger partial charge is 0.495 e. The molecular formula is C27H30F3N3O8S2. The van der Waals surface area contributed by atoms with E-state index in [-0.39, 0.29) is 27.8 Å². The van der Waals surface area contributed by atoms with Gasteiger partial charge in [-0.05, 0) is 62.4 Å². The van der Waals surface area contributed by atoms with Crippen LogP contribution in [0.25, 0.3) is 0 Å². The van der Waals surface area contributed by atoms with Gasteiger partial charge < -0.3 is 19.5 Å². The number of nitrogens with zero attached hydrogens (tertiary/aromatic N) is 1. The number of halogens is 3. The summed E-state index contributed by atoms with van der Waals surface area (Å²) in [7, 11) is -4.81. The molecule has 0 atom stereocenters. The summed E-state index contributed by atoms with van der Waals surface area (Å²) in [6.07, 6.45) is -4.81. The molecule has 0 aliphatic heterocycles. The van der Waals surface area contributed by atoms with Gasteiger partial charge >= 0.3 is 6.18 Å². The van der Waals surface area contributed by atoms with E-state index >= 15 is 0 Å². The van der Waals surface area contributed by atoms with E-state index < -0.39 is 60.9 Å². The molecule has 0 saturated carbocycles. The Bertz CT molecular complexity index is 1700. The highest BCUT2D eigenvalue weighted by Crippen LogP contribution is 2.35. The maximum atomic E-state index is 13.8. The molecule has 3 aromatic carbocycles.